The van der Waals surface area contributed by atoms with Gasteiger partial charge in [0.05, 0.1) is 14.8 Å². The smallest absolute Gasteiger partial charge is 0.307 e. The van der Waals surface area contributed by atoms with Crippen molar-refractivity contribution in [3.05, 3.63) is 54.7 Å². The van der Waals surface area contributed by atoms with Crippen LogP contribution in [0, 0.1) is 21.7 Å². The normalized spacial score (nSPS) is 10.5. The number of thiophene rings is 1. The van der Waals surface area contributed by atoms with Gasteiger partial charge in [0.25, 0.3) is 0 Å². The summed E-state index contributed by atoms with van der Waals surface area (Å²) in [5, 5.41) is 10.4. The van der Waals surface area contributed by atoms with Crippen molar-refractivity contribution in [2.24, 2.45) is 0 Å². The minimum atomic E-state index is -1.13. The Morgan fingerprint density at radius 2 is 2.05 bits per heavy atom. The summed E-state index contributed by atoms with van der Waals surface area (Å²) in [5.41, 5.74) is -0.913. The molecule has 0 atom stereocenters. The summed E-state index contributed by atoms with van der Waals surface area (Å²) in [6, 6.07) is 4.76. The van der Waals surface area contributed by atoms with E-state index in [9.17, 15) is 18.9 Å². The van der Waals surface area contributed by atoms with Crippen molar-refractivity contribution in [2.75, 3.05) is 0 Å². The molecule has 0 N–H and O–H groups in total. The highest BCUT2D eigenvalue weighted by molar-refractivity contribution is 9.11. The number of nitro benzene ring substituents is 1. The number of ether oxygens (including phenoxy) is 1. The number of nitrogens with zero attached hydrogens (tertiary/aromatic N) is 1. The maximum atomic E-state index is 13.5. The van der Waals surface area contributed by atoms with Crippen LogP contribution in [0.1, 0.15) is 4.88 Å². The first-order valence-corrected chi connectivity index (χ1v) is 6.59. The lowest BCUT2D eigenvalue weighted by Crippen LogP contribution is -1.99. The lowest BCUT2D eigenvalue weighted by atomic mass is 10.3. The van der Waals surface area contributed by atoms with Gasteiger partial charge in [-0.2, -0.15) is 4.39 Å². The molecule has 0 bridgehead atoms. The van der Waals surface area contributed by atoms with E-state index in [1.54, 1.807) is 12.1 Å². The van der Waals surface area contributed by atoms with Crippen LogP contribution in [0.25, 0.3) is 0 Å². The number of hydrogen-bond donors (Lipinski definition) is 0. The van der Waals surface area contributed by atoms with E-state index < -0.39 is 22.2 Å². The summed E-state index contributed by atoms with van der Waals surface area (Å²) in [6.07, 6.45) is 0. The van der Waals surface area contributed by atoms with Crippen LogP contribution in [-0.4, -0.2) is 4.92 Å². The molecule has 0 saturated carbocycles. The fourth-order valence-electron chi connectivity index (χ4n) is 1.35. The van der Waals surface area contributed by atoms with Crippen molar-refractivity contribution < 1.29 is 18.4 Å². The Bertz CT molecular complexity index is 632. The maximum Gasteiger partial charge on any atom is 0.307 e. The van der Waals surface area contributed by atoms with Crippen LogP contribution in [0.4, 0.5) is 14.5 Å². The van der Waals surface area contributed by atoms with Gasteiger partial charge in [-0.05, 0) is 28.1 Å². The molecule has 19 heavy (non-hydrogen) atoms. The Morgan fingerprint density at radius 3 is 2.63 bits per heavy atom. The molecule has 2 aromatic rings. The Balaban J connectivity index is 2.17. The van der Waals surface area contributed by atoms with E-state index in [2.05, 4.69) is 15.9 Å². The van der Waals surface area contributed by atoms with Crippen molar-refractivity contribution in [3.8, 4) is 5.75 Å². The van der Waals surface area contributed by atoms with E-state index in [4.69, 9.17) is 4.74 Å². The Hall–Kier alpha value is -1.54. The monoisotopic (exact) mass is 349 g/mol. The third-order valence-corrected chi connectivity index (χ3v) is 3.79. The molecule has 0 spiro atoms. The lowest BCUT2D eigenvalue weighted by molar-refractivity contribution is -0.387. The topological polar surface area (TPSA) is 52.4 Å². The molecule has 0 amide bonds. The summed E-state index contributed by atoms with van der Waals surface area (Å²) >= 11 is 4.66. The lowest BCUT2D eigenvalue weighted by Gasteiger charge is -2.06. The highest BCUT2D eigenvalue weighted by Gasteiger charge is 2.19. The molecule has 0 fully saturated rings. The minimum Gasteiger partial charge on any atom is -0.485 e. The average molecular weight is 350 g/mol. The van der Waals surface area contributed by atoms with Crippen molar-refractivity contribution in [1.29, 1.82) is 0 Å². The van der Waals surface area contributed by atoms with E-state index in [1.807, 2.05) is 0 Å². The van der Waals surface area contributed by atoms with Crippen molar-refractivity contribution in [2.45, 2.75) is 6.61 Å². The predicted octanol–water partition coefficient (Wildman–Crippen LogP) is 4.28. The third kappa shape index (κ3) is 3.27. The van der Waals surface area contributed by atoms with Gasteiger partial charge in [-0.3, -0.25) is 10.1 Å². The standard InChI is InChI=1S/C11H6BrF2NO3S/c12-11-2-1-6(19-11)5-18-10-4-7(13)9(15(16)17)3-8(10)14/h1-4H,5H2. The number of nitro groups is 1. The highest BCUT2D eigenvalue weighted by atomic mass is 79.9. The maximum absolute atomic E-state index is 13.5. The van der Waals surface area contributed by atoms with Crippen LogP contribution in [0.15, 0.2) is 28.1 Å². The van der Waals surface area contributed by atoms with Crippen molar-refractivity contribution in [3.63, 3.8) is 0 Å². The molecule has 8 heteroatoms. The van der Waals surface area contributed by atoms with Crippen LogP contribution in [0.2, 0.25) is 0 Å². The molecule has 0 aliphatic carbocycles. The quantitative estimate of drug-likeness (QED) is 0.611. The molecule has 100 valence electrons. The number of benzene rings is 1. The third-order valence-electron chi connectivity index (χ3n) is 2.20. The zero-order chi connectivity index (χ0) is 14.0. The van der Waals surface area contributed by atoms with Gasteiger partial charge < -0.3 is 4.74 Å². The number of hydrogen-bond acceptors (Lipinski definition) is 4. The van der Waals surface area contributed by atoms with Crippen molar-refractivity contribution >= 4 is 33.0 Å². The van der Waals surface area contributed by atoms with Gasteiger partial charge in [-0.15, -0.1) is 11.3 Å². The second kappa shape index (κ2) is 5.62. The van der Waals surface area contributed by atoms with E-state index in [1.165, 1.54) is 11.3 Å². The Morgan fingerprint density at radius 1 is 1.32 bits per heavy atom. The molecule has 0 saturated heterocycles. The van der Waals surface area contributed by atoms with E-state index >= 15 is 0 Å². The fraction of sp³-hybridized carbons (Fsp3) is 0.0909. The summed E-state index contributed by atoms with van der Waals surface area (Å²) < 4.78 is 32.8. The first kappa shape index (κ1) is 13.9. The number of rotatable bonds is 4. The highest BCUT2D eigenvalue weighted by Crippen LogP contribution is 2.28. The van der Waals surface area contributed by atoms with Crippen LogP contribution in [-0.2, 0) is 6.61 Å². The Labute approximate surface area is 118 Å². The second-order valence-corrected chi connectivity index (χ2v) is 6.03. The van der Waals surface area contributed by atoms with Crippen LogP contribution >= 0.6 is 27.3 Å². The van der Waals surface area contributed by atoms with E-state index in [-0.39, 0.29) is 12.4 Å². The van der Waals surface area contributed by atoms with Crippen LogP contribution in [0.3, 0.4) is 0 Å². The molecular weight excluding hydrogens is 344 g/mol. The van der Waals surface area contributed by atoms with E-state index in [0.29, 0.717) is 12.1 Å². The summed E-state index contributed by atoms with van der Waals surface area (Å²) in [5.74, 6) is -2.45. The zero-order valence-corrected chi connectivity index (χ0v) is 11.6. The molecule has 1 heterocycles. The molecular formula is C11H6BrF2NO3S. The molecule has 0 aliphatic rings. The van der Waals surface area contributed by atoms with Gasteiger partial charge >= 0.3 is 5.69 Å². The summed E-state index contributed by atoms with van der Waals surface area (Å²) in [4.78, 5) is 10.2. The first-order chi connectivity index (χ1) is 8.97. The molecule has 1 aromatic carbocycles. The molecule has 2 rings (SSSR count). The van der Waals surface area contributed by atoms with Gasteiger partial charge in [-0.25, -0.2) is 4.39 Å². The molecule has 1 aromatic heterocycles. The van der Waals surface area contributed by atoms with Gasteiger partial charge in [0, 0.05) is 10.9 Å². The fourth-order valence-corrected chi connectivity index (χ4v) is 2.74. The molecule has 0 unspecified atom stereocenters. The first-order valence-electron chi connectivity index (χ1n) is 4.98. The Kier molecular flexibility index (Phi) is 4.11. The van der Waals surface area contributed by atoms with Gasteiger partial charge in [0.15, 0.2) is 11.6 Å². The molecule has 4 nitrogen and oxygen atoms in total. The summed E-state index contributed by atoms with van der Waals surface area (Å²) in [6.45, 7) is 0.0600. The minimum absolute atomic E-state index is 0.0600. The predicted molar refractivity (Wildman–Crippen MR) is 69.4 cm³/mol. The largest absolute Gasteiger partial charge is 0.485 e. The SMILES string of the molecule is O=[N+]([O-])c1cc(F)c(OCc2ccc(Br)s2)cc1F. The van der Waals surface area contributed by atoms with Gasteiger partial charge in [0.2, 0.25) is 5.82 Å². The molecule has 0 aliphatic heterocycles. The average Bonchev–Trinajstić information content (AvgIpc) is 2.75. The molecule has 0 radical (unpaired) electrons. The van der Waals surface area contributed by atoms with Crippen LogP contribution in [0.5, 0.6) is 5.75 Å². The second-order valence-electron chi connectivity index (χ2n) is 3.49. The summed E-state index contributed by atoms with van der Waals surface area (Å²) in [7, 11) is 0. The number of halogens is 3. The van der Waals surface area contributed by atoms with Crippen molar-refractivity contribution in [1.82, 2.24) is 0 Å². The van der Waals surface area contributed by atoms with E-state index in [0.717, 1.165) is 8.66 Å². The van der Waals surface area contributed by atoms with Gasteiger partial charge in [0.1, 0.15) is 6.61 Å². The van der Waals surface area contributed by atoms with Crippen LogP contribution < -0.4 is 4.74 Å². The van der Waals surface area contributed by atoms with Gasteiger partial charge in [-0.1, -0.05) is 0 Å². The zero-order valence-electron chi connectivity index (χ0n) is 9.23.